The van der Waals surface area contributed by atoms with Crippen LogP contribution in [-0.2, 0) is 16.1 Å². The fourth-order valence-electron chi connectivity index (χ4n) is 3.95. The lowest BCUT2D eigenvalue weighted by Crippen LogP contribution is -2.39. The van der Waals surface area contributed by atoms with Crippen molar-refractivity contribution in [2.75, 3.05) is 58.4 Å². The first-order valence-electron chi connectivity index (χ1n) is 9.73. The van der Waals surface area contributed by atoms with E-state index in [4.69, 9.17) is 16.3 Å². The van der Waals surface area contributed by atoms with Gasteiger partial charge in [-0.2, -0.15) is 4.98 Å². The first-order valence-corrected chi connectivity index (χ1v) is 10.9. The molecule has 2 aliphatic heterocycles. The predicted molar refractivity (Wildman–Crippen MR) is 112 cm³/mol. The number of nitrogens with zero attached hydrogens (tertiary/aromatic N) is 5. The summed E-state index contributed by atoms with van der Waals surface area (Å²) in [5.41, 5.74) is 0. The van der Waals surface area contributed by atoms with Crippen molar-refractivity contribution in [3.8, 4) is 0 Å². The molecule has 0 saturated carbocycles. The number of ether oxygens (including phenoxy) is 1. The molecule has 1 amide bonds. The summed E-state index contributed by atoms with van der Waals surface area (Å²) in [5.74, 6) is 1.32. The smallest absolute Gasteiger partial charge is 0.225 e. The highest BCUT2D eigenvalue weighted by Crippen LogP contribution is 2.33. The quantitative estimate of drug-likeness (QED) is 0.704. The van der Waals surface area contributed by atoms with Crippen molar-refractivity contribution >= 4 is 44.9 Å². The molecule has 0 radical (unpaired) electrons. The molecule has 0 unspecified atom stereocenters. The van der Waals surface area contributed by atoms with E-state index in [1.165, 1.54) is 4.88 Å². The van der Waals surface area contributed by atoms with Crippen LogP contribution in [0.25, 0.3) is 10.2 Å². The zero-order valence-electron chi connectivity index (χ0n) is 16.4. The highest BCUT2D eigenvalue weighted by atomic mass is 35.5. The fourth-order valence-corrected chi connectivity index (χ4v) is 5.23. The van der Waals surface area contributed by atoms with Gasteiger partial charge in [-0.05, 0) is 43.6 Å². The number of carbonyl (C=O) groups is 1. The number of hydrogen-bond donors (Lipinski definition) is 0. The molecule has 28 heavy (non-hydrogen) atoms. The van der Waals surface area contributed by atoms with Crippen LogP contribution in [0.5, 0.6) is 0 Å². The maximum atomic E-state index is 12.2. The number of anilines is 1. The van der Waals surface area contributed by atoms with Crippen LogP contribution in [0.1, 0.15) is 17.7 Å². The highest BCUT2D eigenvalue weighted by molar-refractivity contribution is 7.18. The Balaban J connectivity index is 1.47. The van der Waals surface area contributed by atoms with Gasteiger partial charge in [0.1, 0.15) is 10.6 Å². The van der Waals surface area contributed by atoms with E-state index in [-0.39, 0.29) is 11.8 Å². The molecule has 0 aromatic carbocycles. The Kier molecular flexibility index (Phi) is 6.01. The van der Waals surface area contributed by atoms with Gasteiger partial charge in [0.05, 0.1) is 18.6 Å². The molecule has 0 aliphatic carbocycles. The second kappa shape index (κ2) is 8.49. The summed E-state index contributed by atoms with van der Waals surface area (Å²) in [6.45, 7) is 5.83. The minimum absolute atomic E-state index is 0.159. The molecule has 0 N–H and O–H groups in total. The number of morpholine rings is 1. The van der Waals surface area contributed by atoms with Crippen LogP contribution in [0.15, 0.2) is 6.07 Å². The van der Waals surface area contributed by atoms with Crippen LogP contribution in [0.2, 0.25) is 5.28 Å². The SMILES string of the molecule is CN(C)C(=O)C1CCN(Cc2cc3c(N4CCOCC4)nc(Cl)nc3s2)CC1. The lowest BCUT2D eigenvalue weighted by atomic mass is 9.95. The second-order valence-electron chi connectivity index (χ2n) is 7.63. The average molecular weight is 424 g/mol. The molecule has 2 aromatic heterocycles. The van der Waals surface area contributed by atoms with Gasteiger partial charge in [0, 0.05) is 44.5 Å². The molecule has 2 saturated heterocycles. The minimum atomic E-state index is 0.159. The number of aromatic nitrogens is 2. The molecule has 2 aliphatic rings. The molecule has 4 rings (SSSR count). The highest BCUT2D eigenvalue weighted by Gasteiger charge is 2.26. The van der Waals surface area contributed by atoms with Crippen molar-refractivity contribution in [1.29, 1.82) is 0 Å². The monoisotopic (exact) mass is 423 g/mol. The minimum Gasteiger partial charge on any atom is -0.378 e. The van der Waals surface area contributed by atoms with E-state index >= 15 is 0 Å². The standard InChI is InChI=1S/C19H26ClN5O2S/c1-23(2)18(26)13-3-5-24(6-4-13)12-14-11-15-16(25-7-9-27-10-8-25)21-19(20)22-17(15)28-14/h11,13H,3-10,12H2,1-2H3. The molecule has 7 nitrogen and oxygen atoms in total. The molecule has 2 aromatic rings. The van der Waals surface area contributed by atoms with E-state index < -0.39 is 0 Å². The van der Waals surface area contributed by atoms with Crippen LogP contribution in [0.3, 0.4) is 0 Å². The summed E-state index contributed by atoms with van der Waals surface area (Å²) in [6, 6.07) is 2.21. The molecule has 0 spiro atoms. The van der Waals surface area contributed by atoms with Gasteiger partial charge in [-0.1, -0.05) is 0 Å². The Morgan fingerprint density at radius 2 is 1.96 bits per heavy atom. The van der Waals surface area contributed by atoms with Crippen LogP contribution in [0.4, 0.5) is 5.82 Å². The van der Waals surface area contributed by atoms with Crippen molar-refractivity contribution in [2.45, 2.75) is 19.4 Å². The molecule has 0 bridgehead atoms. The normalized spacial score (nSPS) is 19.3. The Morgan fingerprint density at radius 3 is 2.64 bits per heavy atom. The molecule has 152 valence electrons. The van der Waals surface area contributed by atoms with Gasteiger partial charge in [-0.3, -0.25) is 9.69 Å². The summed E-state index contributed by atoms with van der Waals surface area (Å²) in [6.07, 6.45) is 1.85. The van der Waals surface area contributed by atoms with Gasteiger partial charge < -0.3 is 14.5 Å². The number of piperidine rings is 1. The van der Waals surface area contributed by atoms with E-state index in [0.29, 0.717) is 18.5 Å². The maximum Gasteiger partial charge on any atom is 0.225 e. The molecular weight excluding hydrogens is 398 g/mol. The van der Waals surface area contributed by atoms with Gasteiger partial charge in [-0.15, -0.1) is 11.3 Å². The van der Waals surface area contributed by atoms with Gasteiger partial charge >= 0.3 is 0 Å². The zero-order chi connectivity index (χ0) is 19.7. The molecule has 4 heterocycles. The van der Waals surface area contributed by atoms with Gasteiger partial charge in [-0.25, -0.2) is 4.98 Å². The summed E-state index contributed by atoms with van der Waals surface area (Å²) in [7, 11) is 3.67. The second-order valence-corrected chi connectivity index (χ2v) is 9.08. The Labute approximate surface area is 174 Å². The van der Waals surface area contributed by atoms with Crippen molar-refractivity contribution in [1.82, 2.24) is 19.8 Å². The van der Waals surface area contributed by atoms with E-state index in [1.54, 1.807) is 16.2 Å². The fraction of sp³-hybridized carbons (Fsp3) is 0.632. The van der Waals surface area contributed by atoms with Crippen molar-refractivity contribution in [3.63, 3.8) is 0 Å². The number of carbonyl (C=O) groups excluding carboxylic acids is 1. The largest absolute Gasteiger partial charge is 0.378 e. The lowest BCUT2D eigenvalue weighted by molar-refractivity contribution is -0.134. The van der Waals surface area contributed by atoms with Crippen LogP contribution < -0.4 is 4.90 Å². The first-order chi connectivity index (χ1) is 13.5. The predicted octanol–water partition coefficient (Wildman–Crippen LogP) is 2.48. The maximum absolute atomic E-state index is 12.2. The molecule has 2 fully saturated rings. The average Bonchev–Trinajstić information content (AvgIpc) is 3.10. The number of thiophene rings is 1. The number of hydrogen-bond acceptors (Lipinski definition) is 7. The summed E-state index contributed by atoms with van der Waals surface area (Å²) in [5, 5.41) is 1.37. The van der Waals surface area contributed by atoms with Crippen molar-refractivity contribution < 1.29 is 9.53 Å². The molecule has 0 atom stereocenters. The Bertz CT molecular complexity index is 844. The lowest BCUT2D eigenvalue weighted by Gasteiger charge is -2.32. The van der Waals surface area contributed by atoms with Crippen LogP contribution in [-0.4, -0.2) is 79.2 Å². The van der Waals surface area contributed by atoms with Gasteiger partial charge in [0.2, 0.25) is 11.2 Å². The zero-order valence-corrected chi connectivity index (χ0v) is 17.9. The van der Waals surface area contributed by atoms with Crippen LogP contribution in [0, 0.1) is 5.92 Å². The van der Waals surface area contributed by atoms with E-state index in [0.717, 1.165) is 61.6 Å². The van der Waals surface area contributed by atoms with Gasteiger partial charge in [0.25, 0.3) is 0 Å². The number of rotatable bonds is 4. The van der Waals surface area contributed by atoms with Crippen molar-refractivity contribution in [2.24, 2.45) is 5.92 Å². The summed E-state index contributed by atoms with van der Waals surface area (Å²) >= 11 is 7.88. The topological polar surface area (TPSA) is 61.8 Å². The number of likely N-dealkylation sites (tertiary alicyclic amines) is 1. The molecule has 9 heteroatoms. The Morgan fingerprint density at radius 1 is 1.25 bits per heavy atom. The van der Waals surface area contributed by atoms with E-state index in [1.807, 2.05) is 14.1 Å². The van der Waals surface area contributed by atoms with Crippen LogP contribution >= 0.6 is 22.9 Å². The third-order valence-electron chi connectivity index (χ3n) is 5.46. The number of halogens is 1. The third-order valence-corrected chi connectivity index (χ3v) is 6.65. The number of amides is 1. The first kappa shape index (κ1) is 19.8. The summed E-state index contributed by atoms with van der Waals surface area (Å²) < 4.78 is 5.46. The summed E-state index contributed by atoms with van der Waals surface area (Å²) in [4.78, 5) is 29.7. The Hall–Kier alpha value is -1.48. The third kappa shape index (κ3) is 4.25. The van der Waals surface area contributed by atoms with E-state index in [9.17, 15) is 4.79 Å². The molecular formula is C19H26ClN5O2S. The number of fused-ring (bicyclic) bond motifs is 1. The van der Waals surface area contributed by atoms with Crippen molar-refractivity contribution in [3.05, 3.63) is 16.2 Å². The van der Waals surface area contributed by atoms with E-state index in [2.05, 4.69) is 25.8 Å². The van der Waals surface area contributed by atoms with Gasteiger partial charge in [0.15, 0.2) is 0 Å².